The van der Waals surface area contributed by atoms with Crippen molar-refractivity contribution in [1.82, 2.24) is 0 Å². The first-order valence-corrected chi connectivity index (χ1v) is 9.57. The van der Waals surface area contributed by atoms with Crippen molar-refractivity contribution in [3.05, 3.63) is 0 Å². The zero-order valence-electron chi connectivity index (χ0n) is 13.3. The summed E-state index contributed by atoms with van der Waals surface area (Å²) in [6.45, 7) is 8.45. The highest BCUT2D eigenvalue weighted by molar-refractivity contribution is 6.97. The van der Waals surface area contributed by atoms with Crippen molar-refractivity contribution >= 4 is 28.2 Å². The summed E-state index contributed by atoms with van der Waals surface area (Å²) in [6.07, 6.45) is 8.27. The van der Waals surface area contributed by atoms with Crippen LogP contribution in [0.15, 0.2) is 0 Å². The second kappa shape index (κ2) is 11.9. The molecule has 3 heteroatoms. The highest BCUT2D eigenvalue weighted by atomic mass is 24.5. The molecule has 0 saturated heterocycles. The molecule has 0 fully saturated rings. The van der Waals surface area contributed by atoms with Gasteiger partial charge in [0.2, 0.25) is 0 Å². The van der Waals surface area contributed by atoms with Crippen LogP contribution in [-0.4, -0.2) is 28.2 Å². The molecule has 0 heterocycles. The Morgan fingerprint density at radius 1 is 0.789 bits per heavy atom. The van der Waals surface area contributed by atoms with Crippen molar-refractivity contribution in [3.8, 4) is 0 Å². The minimum atomic E-state index is -1.19. The van der Waals surface area contributed by atoms with Crippen LogP contribution in [0.5, 0.6) is 0 Å². The van der Waals surface area contributed by atoms with Gasteiger partial charge in [-0.1, -0.05) is 53.4 Å². The van der Waals surface area contributed by atoms with E-state index in [0.717, 1.165) is 51.4 Å². The summed E-state index contributed by atoms with van der Waals surface area (Å²) in [4.78, 5) is 24.5. The van der Waals surface area contributed by atoms with E-state index < -0.39 is 20.4 Å². The maximum absolute atomic E-state index is 12.2. The molecule has 0 aliphatic carbocycles. The molecule has 2 nitrogen and oxygen atoms in total. The van der Waals surface area contributed by atoms with Gasteiger partial charge >= 0.3 is 20.4 Å². The predicted molar refractivity (Wildman–Crippen MR) is 82.4 cm³/mol. The number of rotatable bonds is 12. The van der Waals surface area contributed by atoms with E-state index in [2.05, 4.69) is 27.7 Å². The average molecular weight is 279 g/mol. The Bertz CT molecular complexity index is 237. The lowest BCUT2D eigenvalue weighted by atomic mass is 10.0. The van der Waals surface area contributed by atoms with E-state index in [1.165, 1.54) is 0 Å². The van der Waals surface area contributed by atoms with Crippen LogP contribution in [0.3, 0.4) is 0 Å². The molecule has 0 aromatic heterocycles. The zero-order chi connectivity index (χ0) is 14.7. The SMILES string of the molecule is CCCCC(CC)[C](=O)[Mg][C](=O)C(CC)CCCC. The lowest BCUT2D eigenvalue weighted by Crippen LogP contribution is -2.31. The molecule has 108 valence electrons. The van der Waals surface area contributed by atoms with Crippen molar-refractivity contribution in [2.45, 2.75) is 79.1 Å². The number of carbonyl (C=O) groups excluding carboxylic acids is 2. The molecule has 2 atom stereocenters. The summed E-state index contributed by atoms with van der Waals surface area (Å²) >= 11 is -1.19. The lowest BCUT2D eigenvalue weighted by molar-refractivity contribution is -0.119. The third-order valence-corrected chi connectivity index (χ3v) is 5.91. The van der Waals surface area contributed by atoms with E-state index in [1.54, 1.807) is 0 Å². The van der Waals surface area contributed by atoms with Gasteiger partial charge in [0.15, 0.2) is 0 Å². The van der Waals surface area contributed by atoms with Gasteiger partial charge in [-0.05, 0) is 37.5 Å². The Labute approximate surface area is 128 Å². The molecule has 0 spiro atoms. The Balaban J connectivity index is 4.30. The van der Waals surface area contributed by atoms with Gasteiger partial charge in [-0.25, -0.2) is 0 Å². The fourth-order valence-electron chi connectivity index (χ4n) is 2.55. The first-order valence-electron chi connectivity index (χ1n) is 8.15. The second-order valence-corrected chi connectivity index (χ2v) is 7.35. The van der Waals surface area contributed by atoms with Gasteiger partial charge in [0.05, 0.1) is 0 Å². The van der Waals surface area contributed by atoms with Crippen molar-refractivity contribution in [3.63, 3.8) is 0 Å². The second-order valence-electron chi connectivity index (χ2n) is 5.60. The van der Waals surface area contributed by atoms with Crippen molar-refractivity contribution in [1.29, 1.82) is 0 Å². The predicted octanol–water partition coefficient (Wildman–Crippen LogP) is 4.18. The van der Waals surface area contributed by atoms with E-state index in [1.807, 2.05) is 0 Å². The lowest BCUT2D eigenvalue weighted by Gasteiger charge is -2.16. The van der Waals surface area contributed by atoms with Gasteiger partial charge in [0.25, 0.3) is 0 Å². The summed E-state index contributed by atoms with van der Waals surface area (Å²) in [5, 5.41) is 0. The molecule has 0 bridgehead atoms. The molecular weight excluding hydrogens is 248 g/mol. The van der Waals surface area contributed by atoms with Crippen LogP contribution in [0.4, 0.5) is 0 Å². The molecule has 0 aromatic rings. The Hall–Kier alpha value is 0.106. The van der Waals surface area contributed by atoms with Crippen LogP contribution in [0.25, 0.3) is 0 Å². The van der Waals surface area contributed by atoms with Crippen molar-refractivity contribution < 1.29 is 9.59 Å². The Morgan fingerprint density at radius 3 is 1.42 bits per heavy atom. The first-order chi connectivity index (χ1) is 9.10. The van der Waals surface area contributed by atoms with Crippen LogP contribution < -0.4 is 0 Å². The smallest absolute Gasteiger partial charge is 0.335 e. The monoisotopic (exact) mass is 278 g/mol. The maximum atomic E-state index is 12.2. The fourth-order valence-corrected chi connectivity index (χ4v) is 4.45. The molecule has 2 unspecified atom stereocenters. The summed E-state index contributed by atoms with van der Waals surface area (Å²) < 4.78 is 0.631. The van der Waals surface area contributed by atoms with Crippen LogP contribution in [0.2, 0.25) is 0 Å². The van der Waals surface area contributed by atoms with Gasteiger partial charge in [0.1, 0.15) is 0 Å². The number of hydrogen-bond acceptors (Lipinski definition) is 2. The van der Waals surface area contributed by atoms with Gasteiger partial charge in [-0.15, -0.1) is 0 Å². The highest BCUT2D eigenvalue weighted by Gasteiger charge is 2.26. The van der Waals surface area contributed by atoms with Crippen molar-refractivity contribution in [2.75, 3.05) is 0 Å². The molecule has 0 N–H and O–H groups in total. The Morgan fingerprint density at radius 2 is 1.16 bits per heavy atom. The normalized spacial score (nSPS) is 13.7. The Kier molecular flexibility index (Phi) is 12.0. The van der Waals surface area contributed by atoms with Gasteiger partial charge < -0.3 is 9.59 Å². The molecule has 19 heavy (non-hydrogen) atoms. The van der Waals surface area contributed by atoms with Crippen molar-refractivity contribution in [2.24, 2.45) is 11.8 Å². The summed E-state index contributed by atoms with van der Waals surface area (Å²) in [7, 11) is 0. The van der Waals surface area contributed by atoms with Crippen LogP contribution in [0.1, 0.15) is 79.1 Å². The largest absolute Gasteiger partial charge is 0.567 e. The summed E-state index contributed by atoms with van der Waals surface area (Å²) in [5.41, 5.74) is 0. The molecule has 0 amide bonds. The average Bonchev–Trinajstić information content (AvgIpc) is 2.40. The van der Waals surface area contributed by atoms with E-state index in [-0.39, 0.29) is 11.8 Å². The topological polar surface area (TPSA) is 34.1 Å². The van der Waals surface area contributed by atoms with Crippen LogP contribution in [0, 0.1) is 11.8 Å². The minimum Gasteiger partial charge on any atom is -0.335 e. The molecule has 0 rings (SSSR count). The molecule has 0 saturated carbocycles. The van der Waals surface area contributed by atoms with E-state index in [0.29, 0.717) is 7.83 Å². The van der Waals surface area contributed by atoms with Gasteiger partial charge in [-0.3, -0.25) is 0 Å². The maximum Gasteiger partial charge on any atom is 0.567 e. The zero-order valence-corrected chi connectivity index (χ0v) is 14.7. The minimum absolute atomic E-state index is 0.166. The summed E-state index contributed by atoms with van der Waals surface area (Å²) in [6, 6.07) is 0. The first kappa shape index (κ1) is 19.1. The third-order valence-electron chi connectivity index (χ3n) is 4.06. The third kappa shape index (κ3) is 8.08. The highest BCUT2D eigenvalue weighted by Crippen LogP contribution is 2.17. The quantitative estimate of drug-likeness (QED) is 0.502. The summed E-state index contributed by atoms with van der Waals surface area (Å²) in [5.74, 6) is 0.332. The van der Waals surface area contributed by atoms with Gasteiger partial charge in [0, 0.05) is 7.83 Å². The van der Waals surface area contributed by atoms with Crippen LogP contribution in [-0.2, 0) is 9.59 Å². The molecule has 0 aliphatic rings. The number of carbonyl (C=O) groups is 2. The molecule has 0 aliphatic heterocycles. The van der Waals surface area contributed by atoms with Crippen LogP contribution >= 0.6 is 0 Å². The van der Waals surface area contributed by atoms with Gasteiger partial charge in [-0.2, -0.15) is 0 Å². The number of unbranched alkanes of at least 4 members (excludes halogenated alkanes) is 2. The van der Waals surface area contributed by atoms with E-state index in [9.17, 15) is 9.59 Å². The fraction of sp³-hybridized carbons (Fsp3) is 0.875. The number of hydrogen-bond donors (Lipinski definition) is 0. The standard InChI is InChI=1S/2C8H15O.Mg/c2*1-3-5-6-8(4-2)7-9;/h2*8H,3-6H2,1-2H3;. The molecule has 0 aromatic carbocycles. The van der Waals surface area contributed by atoms with E-state index in [4.69, 9.17) is 0 Å². The molecule has 0 radical (unpaired) electrons. The van der Waals surface area contributed by atoms with E-state index >= 15 is 0 Å². The molecular formula is C16H30MgO2.